The van der Waals surface area contributed by atoms with Gasteiger partial charge in [0.2, 0.25) is 0 Å². The quantitative estimate of drug-likeness (QED) is 0.456. The molecule has 0 aliphatic rings. The first-order valence-corrected chi connectivity index (χ1v) is 10.6. The smallest absolute Gasteiger partial charge is 0.262 e. The van der Waals surface area contributed by atoms with E-state index in [1.165, 1.54) is 24.5 Å². The normalized spacial score (nSPS) is 12.0. The maximum absolute atomic E-state index is 14.4. The van der Waals surface area contributed by atoms with Gasteiger partial charge in [-0.15, -0.1) is 11.3 Å². The average molecular weight is 448 g/mol. The van der Waals surface area contributed by atoms with Crippen molar-refractivity contribution in [3.63, 3.8) is 0 Å². The van der Waals surface area contributed by atoms with E-state index in [4.69, 9.17) is 18.9 Å². The Morgan fingerprint density at radius 2 is 1.90 bits per heavy atom. The third-order valence-electron chi connectivity index (χ3n) is 4.84. The third kappa shape index (κ3) is 5.15. The van der Waals surface area contributed by atoms with Crippen molar-refractivity contribution in [3.8, 4) is 11.5 Å². The van der Waals surface area contributed by atoms with Crippen molar-refractivity contribution in [2.24, 2.45) is 0 Å². The van der Waals surface area contributed by atoms with Gasteiger partial charge in [0.05, 0.1) is 31.2 Å². The molecule has 6 nitrogen and oxygen atoms in total. The van der Waals surface area contributed by atoms with Crippen molar-refractivity contribution in [2.75, 3.05) is 34.5 Å². The van der Waals surface area contributed by atoms with Crippen molar-refractivity contribution in [3.05, 3.63) is 58.2 Å². The molecule has 1 amide bonds. The molecule has 2 aromatic carbocycles. The molecule has 1 atom stereocenters. The van der Waals surface area contributed by atoms with Gasteiger partial charge in [0.15, 0.2) is 11.5 Å². The number of methoxy groups -OCH3 is 3. The number of ether oxygens (including phenoxy) is 4. The van der Waals surface area contributed by atoms with Gasteiger partial charge in [0, 0.05) is 29.9 Å². The number of fused-ring (bicyclic) bond motifs is 1. The van der Waals surface area contributed by atoms with E-state index in [2.05, 4.69) is 5.32 Å². The molecule has 166 valence electrons. The van der Waals surface area contributed by atoms with Gasteiger partial charge in [-0.25, -0.2) is 4.39 Å². The fraction of sp³-hybridized carbons (Fsp3) is 0.348. The van der Waals surface area contributed by atoms with E-state index >= 15 is 0 Å². The summed E-state index contributed by atoms with van der Waals surface area (Å²) in [6.45, 7) is 2.90. The van der Waals surface area contributed by atoms with Crippen LogP contribution in [0.25, 0.3) is 10.1 Å². The molecule has 0 saturated carbocycles. The molecule has 8 heteroatoms. The number of nitrogens with one attached hydrogen (secondary N) is 1. The number of amides is 1. The monoisotopic (exact) mass is 447 g/mol. The first-order valence-electron chi connectivity index (χ1n) is 9.79. The average Bonchev–Trinajstić information content (AvgIpc) is 3.14. The largest absolute Gasteiger partial charge is 0.493 e. The van der Waals surface area contributed by atoms with Crippen LogP contribution >= 0.6 is 11.3 Å². The minimum Gasteiger partial charge on any atom is -0.493 e. The molecule has 0 fully saturated rings. The van der Waals surface area contributed by atoms with E-state index in [0.29, 0.717) is 45.2 Å². The molecule has 0 saturated heterocycles. The van der Waals surface area contributed by atoms with Gasteiger partial charge >= 0.3 is 0 Å². The molecule has 0 aliphatic heterocycles. The molecular formula is C23H26FNO5S. The second-order valence-corrected chi connectivity index (χ2v) is 7.95. The van der Waals surface area contributed by atoms with Crippen LogP contribution in [0, 0.1) is 5.82 Å². The topological polar surface area (TPSA) is 66.0 Å². The van der Waals surface area contributed by atoms with E-state index < -0.39 is 0 Å². The second kappa shape index (κ2) is 10.6. The van der Waals surface area contributed by atoms with Crippen molar-refractivity contribution < 1.29 is 28.1 Å². The van der Waals surface area contributed by atoms with Crippen LogP contribution < -0.4 is 14.8 Å². The summed E-state index contributed by atoms with van der Waals surface area (Å²) in [4.78, 5) is 13.5. The molecule has 0 aliphatic carbocycles. The van der Waals surface area contributed by atoms with Crippen molar-refractivity contribution >= 4 is 27.3 Å². The fourth-order valence-electron chi connectivity index (χ4n) is 3.29. The number of carbonyl (C=O) groups excluding carboxylic acids is 1. The lowest BCUT2D eigenvalue weighted by molar-refractivity contribution is 0.0939. The summed E-state index contributed by atoms with van der Waals surface area (Å²) in [5.41, 5.74) is 1.41. The zero-order valence-electron chi connectivity index (χ0n) is 18.0. The van der Waals surface area contributed by atoms with E-state index in [0.717, 1.165) is 5.56 Å². The van der Waals surface area contributed by atoms with Gasteiger partial charge in [0.25, 0.3) is 5.91 Å². The lowest BCUT2D eigenvalue weighted by Gasteiger charge is -2.17. The minimum absolute atomic E-state index is 0.152. The van der Waals surface area contributed by atoms with Crippen LogP contribution in [0.15, 0.2) is 36.4 Å². The zero-order valence-corrected chi connectivity index (χ0v) is 18.8. The highest BCUT2D eigenvalue weighted by molar-refractivity contribution is 7.21. The summed E-state index contributed by atoms with van der Waals surface area (Å²) in [6, 6.07) is 10.0. The SMILES string of the molecule is COCCOc1ccc(C(C)NC(=O)c2sc3cccc(F)c3c2COC)cc1OC. The Bertz CT molecular complexity index is 1050. The molecule has 0 spiro atoms. The standard InChI is InChI=1S/C23H26FNO5S/c1-14(15-8-9-18(19(12-15)29-4)30-11-10-27-2)25-23(26)22-16(13-28-3)21-17(24)6-5-7-20(21)31-22/h5-9,12,14H,10-11,13H2,1-4H3,(H,25,26). The van der Waals surface area contributed by atoms with Gasteiger partial charge < -0.3 is 24.3 Å². The number of benzene rings is 2. The fourth-order valence-corrected chi connectivity index (χ4v) is 4.41. The first kappa shape index (κ1) is 23.0. The summed E-state index contributed by atoms with van der Waals surface area (Å²) in [6.07, 6.45) is 0. The van der Waals surface area contributed by atoms with Gasteiger partial charge in [-0.05, 0) is 36.8 Å². The van der Waals surface area contributed by atoms with Crippen LogP contribution in [0.3, 0.4) is 0 Å². The number of thiophene rings is 1. The molecule has 1 heterocycles. The van der Waals surface area contributed by atoms with Crippen LogP contribution in [0.5, 0.6) is 11.5 Å². The highest BCUT2D eigenvalue weighted by atomic mass is 32.1. The summed E-state index contributed by atoms with van der Waals surface area (Å²) in [5.74, 6) is 0.532. The molecule has 1 aromatic heterocycles. The summed E-state index contributed by atoms with van der Waals surface area (Å²) in [5, 5.41) is 3.43. The molecule has 3 rings (SSSR count). The maximum Gasteiger partial charge on any atom is 0.262 e. The summed E-state index contributed by atoms with van der Waals surface area (Å²) >= 11 is 1.26. The molecule has 0 bridgehead atoms. The molecule has 1 N–H and O–H groups in total. The van der Waals surface area contributed by atoms with Crippen LogP contribution in [0.4, 0.5) is 4.39 Å². The number of carbonyl (C=O) groups is 1. The Morgan fingerprint density at radius 1 is 1.10 bits per heavy atom. The van der Waals surface area contributed by atoms with Crippen molar-refractivity contribution in [2.45, 2.75) is 19.6 Å². The van der Waals surface area contributed by atoms with Gasteiger partial charge in [-0.1, -0.05) is 12.1 Å². The summed E-state index contributed by atoms with van der Waals surface area (Å²) in [7, 11) is 4.70. The molecule has 3 aromatic rings. The van der Waals surface area contributed by atoms with Crippen LogP contribution in [0.1, 0.15) is 33.8 Å². The lowest BCUT2D eigenvalue weighted by atomic mass is 10.1. The highest BCUT2D eigenvalue weighted by Crippen LogP contribution is 2.35. The van der Waals surface area contributed by atoms with Gasteiger partial charge in [-0.2, -0.15) is 0 Å². The number of hydrogen-bond donors (Lipinski definition) is 1. The van der Waals surface area contributed by atoms with Crippen molar-refractivity contribution in [1.82, 2.24) is 5.32 Å². The number of halogens is 1. The van der Waals surface area contributed by atoms with E-state index in [9.17, 15) is 9.18 Å². The number of hydrogen-bond acceptors (Lipinski definition) is 6. The van der Waals surface area contributed by atoms with Gasteiger partial charge in [0.1, 0.15) is 12.4 Å². The second-order valence-electron chi connectivity index (χ2n) is 6.90. The Morgan fingerprint density at radius 3 is 2.61 bits per heavy atom. The Hall–Kier alpha value is -2.68. The lowest BCUT2D eigenvalue weighted by Crippen LogP contribution is -2.26. The Balaban J connectivity index is 1.82. The van der Waals surface area contributed by atoms with Gasteiger partial charge in [-0.3, -0.25) is 4.79 Å². The highest BCUT2D eigenvalue weighted by Gasteiger charge is 2.22. The third-order valence-corrected chi connectivity index (χ3v) is 6.03. The predicted octanol–water partition coefficient (Wildman–Crippen LogP) is 4.71. The maximum atomic E-state index is 14.4. The van der Waals surface area contributed by atoms with E-state index in [1.54, 1.807) is 32.4 Å². The minimum atomic E-state index is -0.360. The number of rotatable bonds is 10. The summed E-state index contributed by atoms with van der Waals surface area (Å²) < 4.78 is 36.4. The van der Waals surface area contributed by atoms with Crippen LogP contribution in [-0.2, 0) is 16.1 Å². The molecular weight excluding hydrogens is 421 g/mol. The molecule has 31 heavy (non-hydrogen) atoms. The van der Waals surface area contributed by atoms with Crippen LogP contribution in [0.2, 0.25) is 0 Å². The Labute approximate surface area is 184 Å². The zero-order chi connectivity index (χ0) is 22.4. The predicted molar refractivity (Wildman–Crippen MR) is 119 cm³/mol. The van der Waals surface area contributed by atoms with Crippen LogP contribution in [-0.4, -0.2) is 40.5 Å². The molecule has 1 unspecified atom stereocenters. The Kier molecular flexibility index (Phi) is 7.84. The molecule has 0 radical (unpaired) electrons. The van der Waals surface area contributed by atoms with E-state index in [-0.39, 0.29) is 24.4 Å². The van der Waals surface area contributed by atoms with E-state index in [1.807, 2.05) is 19.1 Å². The van der Waals surface area contributed by atoms with Crippen molar-refractivity contribution in [1.29, 1.82) is 0 Å². The first-order chi connectivity index (χ1) is 15.0.